The van der Waals surface area contributed by atoms with Gasteiger partial charge in [0.15, 0.2) is 0 Å². The molecule has 0 aliphatic rings. The van der Waals surface area contributed by atoms with E-state index in [0.717, 1.165) is 56.1 Å². The molecule has 8 heteroatoms. The van der Waals surface area contributed by atoms with Crippen LogP contribution in [-0.4, -0.2) is 35.2 Å². The van der Waals surface area contributed by atoms with Crippen molar-refractivity contribution in [2.24, 2.45) is 0 Å². The second-order valence-electron chi connectivity index (χ2n) is 7.46. The van der Waals surface area contributed by atoms with E-state index in [2.05, 4.69) is 30.1 Å². The number of benzene rings is 2. The fourth-order valence-corrected chi connectivity index (χ4v) is 3.98. The Morgan fingerprint density at radius 1 is 0.844 bits per heavy atom. The van der Waals surface area contributed by atoms with Crippen LogP contribution < -0.4 is 0 Å². The third-order valence-corrected chi connectivity index (χ3v) is 5.42. The molecule has 6 aromatic rings. The second kappa shape index (κ2) is 6.98. The van der Waals surface area contributed by atoms with Crippen LogP contribution in [0.4, 0.5) is 4.39 Å². The van der Waals surface area contributed by atoms with Gasteiger partial charge in [-0.2, -0.15) is 5.10 Å². The fourth-order valence-electron chi connectivity index (χ4n) is 3.98. The molecule has 0 atom stereocenters. The number of H-pyrrole nitrogens is 2. The maximum Gasteiger partial charge on any atom is 0.127 e. The molecule has 0 spiro atoms. The summed E-state index contributed by atoms with van der Waals surface area (Å²) in [4.78, 5) is 16.0. The largest absolute Gasteiger partial charge is 0.508 e. The minimum absolute atomic E-state index is 0.115. The Kier molecular flexibility index (Phi) is 3.97. The fraction of sp³-hybridized carbons (Fsp3) is 0. The number of phenolic OH excluding ortho intramolecular Hbond substituents is 1. The Labute approximate surface area is 180 Å². The maximum absolute atomic E-state index is 13.9. The topological polar surface area (TPSA) is 103 Å². The zero-order valence-corrected chi connectivity index (χ0v) is 16.5. The van der Waals surface area contributed by atoms with Gasteiger partial charge in [-0.1, -0.05) is 12.1 Å². The highest BCUT2D eigenvalue weighted by Gasteiger charge is 2.15. The van der Waals surface area contributed by atoms with Crippen molar-refractivity contribution in [1.29, 1.82) is 0 Å². The Morgan fingerprint density at radius 3 is 2.56 bits per heavy atom. The van der Waals surface area contributed by atoms with Gasteiger partial charge < -0.3 is 10.1 Å². The SMILES string of the molecule is Oc1cc(F)cc(-c2cccc3[nH]c(-c4n[nH]c5cnc(-c6cncnc6)cc45)cc23)c1. The van der Waals surface area contributed by atoms with Gasteiger partial charge in [0, 0.05) is 40.3 Å². The summed E-state index contributed by atoms with van der Waals surface area (Å²) < 4.78 is 13.9. The standard InChI is InChI=1S/C24H15FN6O/c25-15-4-13(5-16(32)6-15)17-2-1-3-20-18(17)7-22(29-20)24-19-8-21(14-9-26-12-27-10-14)28-11-23(19)30-31-24/h1-12,29,32H,(H,30,31). The average molecular weight is 422 g/mol. The van der Waals surface area contributed by atoms with Crippen LogP contribution in [0, 0.1) is 5.82 Å². The van der Waals surface area contributed by atoms with Crippen LogP contribution in [0.1, 0.15) is 0 Å². The monoisotopic (exact) mass is 422 g/mol. The number of fused-ring (bicyclic) bond motifs is 2. The molecular formula is C24H15FN6O. The predicted octanol–water partition coefficient (Wildman–Crippen LogP) is 5.07. The highest BCUT2D eigenvalue weighted by molar-refractivity contribution is 6.01. The Morgan fingerprint density at radius 2 is 1.72 bits per heavy atom. The van der Waals surface area contributed by atoms with E-state index in [9.17, 15) is 9.50 Å². The van der Waals surface area contributed by atoms with E-state index in [4.69, 9.17) is 0 Å². The summed E-state index contributed by atoms with van der Waals surface area (Å²) in [5.41, 5.74) is 6.19. The van der Waals surface area contributed by atoms with Crippen molar-refractivity contribution in [3.63, 3.8) is 0 Å². The smallest absolute Gasteiger partial charge is 0.127 e. The molecule has 6 rings (SSSR count). The van der Waals surface area contributed by atoms with E-state index in [1.165, 1.54) is 12.4 Å². The normalized spacial score (nSPS) is 11.4. The highest BCUT2D eigenvalue weighted by atomic mass is 19.1. The molecule has 0 aliphatic carbocycles. The third-order valence-electron chi connectivity index (χ3n) is 5.42. The highest BCUT2D eigenvalue weighted by Crippen LogP contribution is 2.35. The molecule has 0 aliphatic heterocycles. The predicted molar refractivity (Wildman–Crippen MR) is 119 cm³/mol. The van der Waals surface area contributed by atoms with Crippen LogP contribution >= 0.6 is 0 Å². The molecule has 0 fully saturated rings. The van der Waals surface area contributed by atoms with Crippen molar-refractivity contribution in [3.05, 3.63) is 79.3 Å². The molecule has 0 saturated carbocycles. The molecule has 32 heavy (non-hydrogen) atoms. The quantitative estimate of drug-likeness (QED) is 0.369. The lowest BCUT2D eigenvalue weighted by Crippen LogP contribution is -1.86. The van der Waals surface area contributed by atoms with E-state index in [-0.39, 0.29) is 5.75 Å². The number of hydrogen-bond donors (Lipinski definition) is 3. The lowest BCUT2D eigenvalue weighted by Gasteiger charge is -2.05. The van der Waals surface area contributed by atoms with Crippen LogP contribution in [-0.2, 0) is 0 Å². The molecule has 0 saturated heterocycles. The molecule has 0 bridgehead atoms. The van der Waals surface area contributed by atoms with E-state index >= 15 is 0 Å². The lowest BCUT2D eigenvalue weighted by molar-refractivity contribution is 0.469. The number of halogens is 1. The first kappa shape index (κ1) is 18.2. The summed E-state index contributed by atoms with van der Waals surface area (Å²) in [5.74, 6) is -0.605. The zero-order chi connectivity index (χ0) is 21.7. The van der Waals surface area contributed by atoms with Gasteiger partial charge >= 0.3 is 0 Å². The van der Waals surface area contributed by atoms with Crippen LogP contribution in [0.2, 0.25) is 0 Å². The number of aromatic nitrogens is 6. The van der Waals surface area contributed by atoms with Gasteiger partial charge in [0.2, 0.25) is 0 Å². The Bertz CT molecular complexity index is 1590. The number of hydrogen-bond acceptors (Lipinski definition) is 5. The molecule has 154 valence electrons. The number of aromatic hydroxyl groups is 1. The molecule has 3 N–H and O–H groups in total. The molecule has 0 amide bonds. The summed E-state index contributed by atoms with van der Waals surface area (Å²) in [6.45, 7) is 0. The third kappa shape index (κ3) is 2.97. The van der Waals surface area contributed by atoms with Crippen LogP contribution in [0.25, 0.3) is 55.6 Å². The molecule has 2 aromatic carbocycles. The van der Waals surface area contributed by atoms with Crippen molar-refractivity contribution < 1.29 is 9.50 Å². The zero-order valence-electron chi connectivity index (χ0n) is 16.5. The van der Waals surface area contributed by atoms with E-state index in [0.29, 0.717) is 5.56 Å². The van der Waals surface area contributed by atoms with E-state index in [1.807, 2.05) is 30.3 Å². The summed E-state index contributed by atoms with van der Waals surface area (Å²) in [6.07, 6.45) is 6.64. The van der Waals surface area contributed by atoms with Crippen LogP contribution in [0.15, 0.2) is 73.4 Å². The lowest BCUT2D eigenvalue weighted by atomic mass is 10.0. The number of aromatic amines is 2. The number of phenols is 1. The van der Waals surface area contributed by atoms with Crippen molar-refractivity contribution in [2.45, 2.75) is 0 Å². The van der Waals surface area contributed by atoms with Crippen molar-refractivity contribution in [3.8, 4) is 39.5 Å². The van der Waals surface area contributed by atoms with Gasteiger partial charge in [-0.15, -0.1) is 0 Å². The number of nitrogens with one attached hydrogen (secondary N) is 2. The average Bonchev–Trinajstić information content (AvgIpc) is 3.42. The first-order valence-corrected chi connectivity index (χ1v) is 9.87. The number of nitrogens with zero attached hydrogens (tertiary/aromatic N) is 4. The Hall–Kier alpha value is -4.59. The van der Waals surface area contributed by atoms with Crippen LogP contribution in [0.3, 0.4) is 0 Å². The van der Waals surface area contributed by atoms with Crippen molar-refractivity contribution >= 4 is 21.8 Å². The van der Waals surface area contributed by atoms with Gasteiger partial charge in [-0.05, 0) is 41.5 Å². The molecule has 0 unspecified atom stereocenters. The van der Waals surface area contributed by atoms with Crippen molar-refractivity contribution in [2.75, 3.05) is 0 Å². The van der Waals surface area contributed by atoms with Gasteiger partial charge in [-0.3, -0.25) is 10.1 Å². The maximum atomic E-state index is 13.9. The van der Waals surface area contributed by atoms with E-state index < -0.39 is 5.82 Å². The molecule has 4 heterocycles. The van der Waals surface area contributed by atoms with Gasteiger partial charge in [0.25, 0.3) is 0 Å². The van der Waals surface area contributed by atoms with Gasteiger partial charge in [0.05, 0.1) is 23.1 Å². The van der Waals surface area contributed by atoms with Gasteiger partial charge in [-0.25, -0.2) is 14.4 Å². The van der Waals surface area contributed by atoms with Gasteiger partial charge in [0.1, 0.15) is 23.6 Å². The summed E-state index contributed by atoms with van der Waals surface area (Å²) in [6, 6.07) is 13.7. The van der Waals surface area contributed by atoms with Crippen molar-refractivity contribution in [1.82, 2.24) is 30.1 Å². The van der Waals surface area contributed by atoms with E-state index in [1.54, 1.807) is 24.7 Å². The number of rotatable bonds is 3. The van der Waals surface area contributed by atoms with Crippen LogP contribution in [0.5, 0.6) is 5.75 Å². The first-order chi connectivity index (χ1) is 15.7. The first-order valence-electron chi connectivity index (χ1n) is 9.87. The molecule has 4 aromatic heterocycles. The molecule has 0 radical (unpaired) electrons. The molecular weight excluding hydrogens is 407 g/mol. The Balaban J connectivity index is 1.52. The minimum atomic E-state index is -0.490. The minimum Gasteiger partial charge on any atom is -0.508 e. The summed E-state index contributed by atoms with van der Waals surface area (Å²) in [7, 11) is 0. The number of pyridine rings is 1. The molecule has 7 nitrogen and oxygen atoms in total. The second-order valence-corrected chi connectivity index (χ2v) is 7.46. The summed E-state index contributed by atoms with van der Waals surface area (Å²) in [5, 5.41) is 19.2. The summed E-state index contributed by atoms with van der Waals surface area (Å²) >= 11 is 0.